The van der Waals surface area contributed by atoms with E-state index in [2.05, 4.69) is 4.98 Å². The Labute approximate surface area is 129 Å². The third-order valence-electron chi connectivity index (χ3n) is 2.72. The standard InChI is InChI=1S/C14H13ClF3NOS/c15-8-11-9-21-13(19-11)2-1-7-20-12-5-3-10(4-6-12)14(16,17)18/h3-6,9H,1-2,7-8H2. The molecule has 21 heavy (non-hydrogen) atoms. The van der Waals surface area contributed by atoms with Crippen molar-refractivity contribution in [3.05, 3.63) is 45.9 Å². The van der Waals surface area contributed by atoms with Gasteiger partial charge in [0.15, 0.2) is 0 Å². The van der Waals surface area contributed by atoms with Crippen LogP contribution in [0.3, 0.4) is 0 Å². The Morgan fingerprint density at radius 1 is 1.19 bits per heavy atom. The maximum Gasteiger partial charge on any atom is 0.416 e. The van der Waals surface area contributed by atoms with E-state index in [-0.39, 0.29) is 0 Å². The predicted molar refractivity (Wildman–Crippen MR) is 76.9 cm³/mol. The molecule has 0 radical (unpaired) electrons. The quantitative estimate of drug-likeness (QED) is 0.552. The van der Waals surface area contributed by atoms with Gasteiger partial charge in [-0.2, -0.15) is 13.2 Å². The van der Waals surface area contributed by atoms with Gasteiger partial charge in [0.1, 0.15) is 5.75 Å². The fraction of sp³-hybridized carbons (Fsp3) is 0.357. The molecule has 0 aliphatic heterocycles. The topological polar surface area (TPSA) is 22.1 Å². The number of aromatic nitrogens is 1. The molecule has 0 fully saturated rings. The average molecular weight is 336 g/mol. The van der Waals surface area contributed by atoms with Crippen LogP contribution in [-0.4, -0.2) is 11.6 Å². The molecule has 0 unspecified atom stereocenters. The molecular weight excluding hydrogens is 323 g/mol. The molecule has 0 saturated carbocycles. The molecule has 2 nitrogen and oxygen atoms in total. The Kier molecular flexibility index (Phi) is 5.47. The molecule has 0 amide bonds. The van der Waals surface area contributed by atoms with Crippen LogP contribution < -0.4 is 4.74 Å². The van der Waals surface area contributed by atoms with E-state index in [1.165, 1.54) is 12.1 Å². The molecule has 0 saturated heterocycles. The number of alkyl halides is 4. The lowest BCUT2D eigenvalue weighted by Gasteiger charge is -2.08. The SMILES string of the molecule is FC(F)(F)c1ccc(OCCCc2nc(CCl)cs2)cc1. The van der Waals surface area contributed by atoms with Gasteiger partial charge in [0.2, 0.25) is 0 Å². The fourth-order valence-electron chi connectivity index (χ4n) is 1.68. The van der Waals surface area contributed by atoms with Crippen LogP contribution in [0.1, 0.15) is 22.7 Å². The minimum absolute atomic E-state index is 0.401. The summed E-state index contributed by atoms with van der Waals surface area (Å²) in [5.41, 5.74) is 0.187. The highest BCUT2D eigenvalue weighted by Gasteiger charge is 2.29. The number of thiazole rings is 1. The first kappa shape index (κ1) is 16.1. The van der Waals surface area contributed by atoms with Crippen LogP contribution in [0.2, 0.25) is 0 Å². The Bertz CT molecular complexity index is 568. The minimum atomic E-state index is -4.32. The van der Waals surface area contributed by atoms with E-state index < -0.39 is 11.7 Å². The summed E-state index contributed by atoms with van der Waals surface area (Å²) in [6.45, 7) is 0.432. The van der Waals surface area contributed by atoms with Gasteiger partial charge in [-0.05, 0) is 30.7 Å². The normalized spacial score (nSPS) is 11.6. The van der Waals surface area contributed by atoms with Crippen molar-refractivity contribution in [2.75, 3.05) is 6.61 Å². The van der Waals surface area contributed by atoms with Crippen LogP contribution >= 0.6 is 22.9 Å². The maximum absolute atomic E-state index is 12.4. The lowest BCUT2D eigenvalue weighted by atomic mass is 10.2. The van der Waals surface area contributed by atoms with Gasteiger partial charge >= 0.3 is 6.18 Å². The van der Waals surface area contributed by atoms with Crippen molar-refractivity contribution >= 4 is 22.9 Å². The summed E-state index contributed by atoms with van der Waals surface area (Å²) in [5, 5.41) is 2.90. The molecule has 0 aliphatic rings. The third kappa shape index (κ3) is 4.89. The van der Waals surface area contributed by atoms with Crippen LogP contribution in [0.25, 0.3) is 0 Å². The van der Waals surface area contributed by atoms with E-state index in [9.17, 15) is 13.2 Å². The first-order valence-electron chi connectivity index (χ1n) is 6.28. The molecule has 0 bridgehead atoms. The summed E-state index contributed by atoms with van der Waals surface area (Å²) >= 11 is 7.21. The molecule has 0 aliphatic carbocycles. The van der Waals surface area contributed by atoms with Gasteiger partial charge in [0, 0.05) is 11.8 Å². The van der Waals surface area contributed by atoms with Gasteiger partial charge in [-0.15, -0.1) is 22.9 Å². The second kappa shape index (κ2) is 7.13. The van der Waals surface area contributed by atoms with Gasteiger partial charge in [-0.1, -0.05) is 0 Å². The Morgan fingerprint density at radius 3 is 2.48 bits per heavy atom. The molecule has 1 heterocycles. The number of hydrogen-bond acceptors (Lipinski definition) is 3. The summed E-state index contributed by atoms with van der Waals surface area (Å²) in [5.74, 6) is 0.835. The first-order valence-corrected chi connectivity index (χ1v) is 7.70. The maximum atomic E-state index is 12.4. The smallest absolute Gasteiger partial charge is 0.416 e. The zero-order valence-corrected chi connectivity index (χ0v) is 12.6. The molecule has 0 atom stereocenters. The van der Waals surface area contributed by atoms with Crippen molar-refractivity contribution in [3.8, 4) is 5.75 Å². The monoisotopic (exact) mass is 335 g/mol. The van der Waals surface area contributed by atoms with E-state index in [0.717, 1.165) is 35.7 Å². The van der Waals surface area contributed by atoms with Gasteiger partial charge in [-0.3, -0.25) is 0 Å². The van der Waals surface area contributed by atoms with Gasteiger partial charge in [-0.25, -0.2) is 4.98 Å². The van der Waals surface area contributed by atoms with Crippen LogP contribution in [-0.2, 0) is 18.5 Å². The molecule has 7 heteroatoms. The van der Waals surface area contributed by atoms with E-state index in [4.69, 9.17) is 16.3 Å². The molecule has 1 aromatic heterocycles. The molecule has 1 aromatic carbocycles. The largest absolute Gasteiger partial charge is 0.494 e. The highest BCUT2D eigenvalue weighted by molar-refractivity contribution is 7.09. The highest BCUT2D eigenvalue weighted by Crippen LogP contribution is 2.30. The molecule has 0 spiro atoms. The Hall–Kier alpha value is -1.27. The molecule has 114 valence electrons. The van der Waals surface area contributed by atoms with Gasteiger partial charge in [0.25, 0.3) is 0 Å². The number of halogens is 4. The van der Waals surface area contributed by atoms with Crippen LogP contribution in [0.4, 0.5) is 13.2 Å². The second-order valence-electron chi connectivity index (χ2n) is 4.34. The number of benzene rings is 1. The van der Waals surface area contributed by atoms with E-state index in [1.54, 1.807) is 11.3 Å². The van der Waals surface area contributed by atoms with Crippen molar-refractivity contribution in [1.29, 1.82) is 0 Å². The van der Waals surface area contributed by atoms with E-state index >= 15 is 0 Å². The summed E-state index contributed by atoms with van der Waals surface area (Å²) in [6.07, 6.45) is -2.80. The van der Waals surface area contributed by atoms with Crippen molar-refractivity contribution < 1.29 is 17.9 Å². The number of hydrogen-bond donors (Lipinski definition) is 0. The Balaban J connectivity index is 1.76. The summed E-state index contributed by atoms with van der Waals surface area (Å²) in [6, 6.07) is 4.70. The predicted octanol–water partition coefficient (Wildman–Crippen LogP) is 4.91. The van der Waals surface area contributed by atoms with E-state index in [1.807, 2.05) is 5.38 Å². The van der Waals surface area contributed by atoms with Crippen molar-refractivity contribution in [2.45, 2.75) is 24.9 Å². The molecule has 2 rings (SSSR count). The van der Waals surface area contributed by atoms with Gasteiger partial charge < -0.3 is 4.74 Å². The van der Waals surface area contributed by atoms with Crippen LogP contribution in [0.15, 0.2) is 29.6 Å². The minimum Gasteiger partial charge on any atom is -0.494 e. The molecule has 2 aromatic rings. The lowest BCUT2D eigenvalue weighted by molar-refractivity contribution is -0.137. The van der Waals surface area contributed by atoms with Gasteiger partial charge in [0.05, 0.1) is 28.8 Å². The fourth-order valence-corrected chi connectivity index (χ4v) is 2.75. The van der Waals surface area contributed by atoms with Crippen molar-refractivity contribution in [3.63, 3.8) is 0 Å². The molecule has 0 N–H and O–H groups in total. The first-order chi connectivity index (χ1) is 9.99. The van der Waals surface area contributed by atoms with Crippen LogP contribution in [0, 0.1) is 0 Å². The summed E-state index contributed by atoms with van der Waals surface area (Å²) in [7, 11) is 0. The van der Waals surface area contributed by atoms with Crippen molar-refractivity contribution in [1.82, 2.24) is 4.98 Å². The molecular formula is C14H13ClF3NOS. The number of aryl methyl sites for hydroxylation is 1. The average Bonchev–Trinajstić information content (AvgIpc) is 2.91. The van der Waals surface area contributed by atoms with Crippen LogP contribution in [0.5, 0.6) is 5.75 Å². The Morgan fingerprint density at radius 2 is 1.90 bits per heavy atom. The number of nitrogens with zero attached hydrogens (tertiary/aromatic N) is 1. The lowest BCUT2D eigenvalue weighted by Crippen LogP contribution is -2.05. The van der Waals surface area contributed by atoms with Crippen molar-refractivity contribution in [2.24, 2.45) is 0 Å². The van der Waals surface area contributed by atoms with E-state index in [0.29, 0.717) is 18.2 Å². The summed E-state index contributed by atoms with van der Waals surface area (Å²) < 4.78 is 42.6. The third-order valence-corrected chi connectivity index (χ3v) is 3.95. The second-order valence-corrected chi connectivity index (χ2v) is 5.55. The zero-order chi connectivity index (χ0) is 15.3. The zero-order valence-electron chi connectivity index (χ0n) is 11.0. The summed E-state index contributed by atoms with van der Waals surface area (Å²) in [4.78, 5) is 4.32. The highest BCUT2D eigenvalue weighted by atomic mass is 35.5. The number of ether oxygens (including phenoxy) is 1. The number of rotatable bonds is 6.